The topological polar surface area (TPSA) is 200 Å². The largest absolute Gasteiger partial charge is 0.504 e. The lowest BCUT2D eigenvalue weighted by atomic mass is 10.1. The first-order valence-electron chi connectivity index (χ1n) is 7.82. The molecule has 0 aliphatic rings. The molecule has 1 heterocycles. The molecule has 1 aromatic heterocycles. The number of azo groups is 1. The average Bonchev–Trinajstić information content (AvgIpc) is 2.67. The van der Waals surface area contributed by atoms with E-state index in [2.05, 4.69) is 19.6 Å². The Bertz CT molecular complexity index is 1270. The lowest BCUT2D eigenvalue weighted by molar-refractivity contribution is -0.383. The molecule has 0 aliphatic carbocycles. The van der Waals surface area contributed by atoms with E-state index in [1.807, 2.05) is 0 Å². The van der Waals surface area contributed by atoms with Gasteiger partial charge < -0.3 is 16.6 Å². The van der Waals surface area contributed by atoms with Crippen molar-refractivity contribution in [2.75, 3.05) is 0 Å². The molecule has 3 rings (SSSR count). The number of phenolic OH excluding ortho intramolecular Hbond substituents is 1. The van der Waals surface area contributed by atoms with E-state index in [1.54, 1.807) is 0 Å². The Morgan fingerprint density at radius 1 is 1.14 bits per heavy atom. The van der Waals surface area contributed by atoms with E-state index >= 15 is 0 Å². The van der Waals surface area contributed by atoms with Gasteiger partial charge in [-0.05, 0) is 36.4 Å². The number of nitrogens with zero attached hydrogens (tertiary/aromatic N) is 5. The summed E-state index contributed by atoms with van der Waals surface area (Å²) in [7, 11) is -4.05. The molecular weight excluding hydrogens is 402 g/mol. The van der Waals surface area contributed by atoms with Gasteiger partial charge in [-0.3, -0.25) is 15.1 Å². The van der Waals surface area contributed by atoms with Crippen molar-refractivity contribution in [1.82, 2.24) is 4.98 Å². The summed E-state index contributed by atoms with van der Waals surface area (Å²) in [6.07, 6.45) is 1.38. The number of guanidine groups is 1. The molecule has 148 valence electrons. The van der Waals surface area contributed by atoms with E-state index in [0.717, 1.165) is 6.07 Å². The van der Waals surface area contributed by atoms with Gasteiger partial charge in [0, 0.05) is 12.3 Å². The van der Waals surface area contributed by atoms with Crippen LogP contribution < -0.4 is 11.5 Å². The smallest absolute Gasteiger partial charge is 0.285 e. The van der Waals surface area contributed by atoms with E-state index in [9.17, 15) is 23.6 Å². The highest BCUT2D eigenvalue weighted by molar-refractivity contribution is 7.90. The number of non-ortho nitro benzene ring substituents is 1. The van der Waals surface area contributed by atoms with E-state index in [1.165, 1.54) is 42.6 Å². The van der Waals surface area contributed by atoms with Gasteiger partial charge in [-0.1, -0.05) is 0 Å². The summed E-state index contributed by atoms with van der Waals surface area (Å²) in [4.78, 5) is 14.5. The van der Waals surface area contributed by atoms with Crippen LogP contribution >= 0.6 is 0 Å². The highest BCUT2D eigenvalue weighted by Gasteiger charge is 2.19. The second kappa shape index (κ2) is 7.47. The molecule has 0 radical (unpaired) electrons. The molecule has 5 N–H and O–H groups in total. The maximum Gasteiger partial charge on any atom is 0.285 e. The third kappa shape index (κ3) is 4.08. The fraction of sp³-hybridized carbons (Fsp3) is 0. The van der Waals surface area contributed by atoms with Gasteiger partial charge in [-0.2, -0.15) is 13.5 Å². The number of nitro benzene ring substituents is 1. The molecule has 3 aromatic rings. The van der Waals surface area contributed by atoms with Crippen LogP contribution in [0.2, 0.25) is 0 Å². The van der Waals surface area contributed by atoms with Crippen LogP contribution in [0.15, 0.2) is 68.2 Å². The van der Waals surface area contributed by atoms with Gasteiger partial charge in [-0.25, -0.2) is 0 Å². The zero-order chi connectivity index (χ0) is 21.2. The SMILES string of the molecule is NC(N)=NS(=O)(=O)c1ccc(N=Nc2cc([N+](=O)[O-])c3cccnc3c2O)cc1. The number of rotatable bonds is 5. The van der Waals surface area contributed by atoms with Crippen LogP contribution in [0.1, 0.15) is 0 Å². The standard InChI is InChI=1S/C16H13N7O5S/c17-16(18)22-29(27,28)10-5-3-9(4-6-10)20-21-12-8-13(23(25)26)11-2-1-7-19-14(11)15(12)24/h1-8,24H,(H4,17,18,22). The van der Waals surface area contributed by atoms with E-state index in [0.29, 0.717) is 0 Å². The van der Waals surface area contributed by atoms with Crippen LogP contribution in [0.5, 0.6) is 5.75 Å². The summed E-state index contributed by atoms with van der Waals surface area (Å²) in [5.74, 6) is -0.974. The maximum atomic E-state index is 11.9. The molecule has 12 nitrogen and oxygen atoms in total. The second-order valence-corrected chi connectivity index (χ2v) is 7.21. The molecule has 2 aromatic carbocycles. The molecule has 29 heavy (non-hydrogen) atoms. The summed E-state index contributed by atoms with van der Waals surface area (Å²) >= 11 is 0. The summed E-state index contributed by atoms with van der Waals surface area (Å²) in [6, 6.07) is 9.10. The predicted molar refractivity (Wildman–Crippen MR) is 104 cm³/mol. The van der Waals surface area contributed by atoms with Crippen molar-refractivity contribution in [1.29, 1.82) is 0 Å². The normalized spacial score (nSPS) is 11.6. The second-order valence-electron chi connectivity index (χ2n) is 5.61. The average molecular weight is 415 g/mol. The van der Waals surface area contributed by atoms with Gasteiger partial charge in [0.05, 0.1) is 20.9 Å². The molecule has 0 fully saturated rings. The minimum Gasteiger partial charge on any atom is -0.504 e. The molecule has 0 saturated heterocycles. The Morgan fingerprint density at radius 2 is 1.83 bits per heavy atom. The summed E-state index contributed by atoms with van der Waals surface area (Å²) in [6.45, 7) is 0. The Balaban J connectivity index is 1.98. The van der Waals surface area contributed by atoms with E-state index in [-0.39, 0.29) is 38.6 Å². The lowest BCUT2D eigenvalue weighted by Gasteiger charge is -2.04. The van der Waals surface area contributed by atoms with Gasteiger partial charge in [0.2, 0.25) is 5.96 Å². The van der Waals surface area contributed by atoms with E-state index < -0.39 is 20.9 Å². The monoisotopic (exact) mass is 415 g/mol. The van der Waals surface area contributed by atoms with Crippen molar-refractivity contribution in [3.63, 3.8) is 0 Å². The number of sulfonamides is 1. The van der Waals surface area contributed by atoms with Crippen molar-refractivity contribution >= 4 is 43.9 Å². The fourth-order valence-electron chi connectivity index (χ4n) is 2.41. The highest BCUT2D eigenvalue weighted by Crippen LogP contribution is 2.40. The summed E-state index contributed by atoms with van der Waals surface area (Å²) in [5.41, 5.74) is 9.93. The van der Waals surface area contributed by atoms with Crippen molar-refractivity contribution in [2.45, 2.75) is 4.90 Å². The molecule has 0 aliphatic heterocycles. The number of pyridine rings is 1. The number of benzene rings is 2. The number of fused-ring (bicyclic) bond motifs is 1. The van der Waals surface area contributed by atoms with Crippen LogP contribution in [-0.2, 0) is 10.0 Å². The minimum atomic E-state index is -4.05. The fourth-order valence-corrected chi connectivity index (χ4v) is 3.28. The zero-order valence-electron chi connectivity index (χ0n) is 14.5. The van der Waals surface area contributed by atoms with Crippen LogP contribution in [0.4, 0.5) is 17.1 Å². The first-order valence-corrected chi connectivity index (χ1v) is 9.26. The molecule has 0 saturated carbocycles. The van der Waals surface area contributed by atoms with Gasteiger partial charge in [0.1, 0.15) is 11.2 Å². The first kappa shape index (κ1) is 19.6. The molecule has 0 unspecified atom stereocenters. The van der Waals surface area contributed by atoms with Crippen LogP contribution in [0.3, 0.4) is 0 Å². The predicted octanol–water partition coefficient (Wildman–Crippen LogP) is 2.23. The number of hydrogen-bond donors (Lipinski definition) is 3. The number of aromatic hydroxyl groups is 1. The third-order valence-electron chi connectivity index (χ3n) is 3.65. The Hall–Kier alpha value is -4.13. The lowest BCUT2D eigenvalue weighted by Crippen LogP contribution is -2.24. The zero-order valence-corrected chi connectivity index (χ0v) is 15.3. The van der Waals surface area contributed by atoms with Crippen LogP contribution in [-0.4, -0.2) is 29.4 Å². The number of hydrogen-bond acceptors (Lipinski definition) is 8. The van der Waals surface area contributed by atoms with Crippen LogP contribution in [0, 0.1) is 10.1 Å². The van der Waals surface area contributed by atoms with Crippen LogP contribution in [0.25, 0.3) is 10.9 Å². The Kier molecular flexibility index (Phi) is 5.06. The number of phenols is 1. The quantitative estimate of drug-likeness (QED) is 0.185. The van der Waals surface area contributed by atoms with Crippen molar-refractivity contribution in [3.8, 4) is 5.75 Å². The Morgan fingerprint density at radius 3 is 2.45 bits per heavy atom. The molecule has 0 bridgehead atoms. The summed E-state index contributed by atoms with van der Waals surface area (Å²) < 4.78 is 27.0. The summed E-state index contributed by atoms with van der Waals surface area (Å²) in [5, 5.41) is 29.5. The number of nitro groups is 1. The maximum absolute atomic E-state index is 11.9. The van der Waals surface area contributed by atoms with Crippen molar-refractivity contribution in [3.05, 3.63) is 58.8 Å². The Labute approximate surface area is 163 Å². The van der Waals surface area contributed by atoms with Gasteiger partial charge in [0.25, 0.3) is 15.7 Å². The van der Waals surface area contributed by atoms with Crippen molar-refractivity contribution < 1.29 is 18.4 Å². The molecule has 0 atom stereocenters. The molecular formula is C16H13N7O5S. The first-order chi connectivity index (χ1) is 13.7. The van der Waals surface area contributed by atoms with Gasteiger partial charge >= 0.3 is 0 Å². The number of nitrogens with two attached hydrogens (primary N) is 2. The molecule has 13 heteroatoms. The third-order valence-corrected chi connectivity index (χ3v) is 4.97. The molecule has 0 spiro atoms. The molecule has 0 amide bonds. The number of aromatic nitrogens is 1. The highest BCUT2D eigenvalue weighted by atomic mass is 32.2. The minimum absolute atomic E-state index is 0.00864. The van der Waals surface area contributed by atoms with Gasteiger partial charge in [-0.15, -0.1) is 9.51 Å². The van der Waals surface area contributed by atoms with Gasteiger partial charge in [0.15, 0.2) is 5.75 Å². The van der Waals surface area contributed by atoms with E-state index in [4.69, 9.17) is 11.5 Å². The van der Waals surface area contributed by atoms with Crippen molar-refractivity contribution in [2.24, 2.45) is 26.1 Å².